The molecule has 0 aromatic heterocycles. The summed E-state index contributed by atoms with van der Waals surface area (Å²) in [5.41, 5.74) is 2.64. The van der Waals surface area contributed by atoms with E-state index in [0.29, 0.717) is 12.1 Å². The standard InChI is InChI=1S/C15H13Br2NO2/c1-20-15(19)10-2-3-11(14(17)8-10)9-18-13-6-4-12(16)5-7-13/h2-8,18H,9H2,1H3. The van der Waals surface area contributed by atoms with Crippen LogP contribution in [-0.2, 0) is 11.3 Å². The maximum Gasteiger partial charge on any atom is 0.337 e. The number of nitrogens with one attached hydrogen (secondary N) is 1. The number of hydrogen-bond acceptors (Lipinski definition) is 3. The molecule has 0 radical (unpaired) electrons. The number of esters is 1. The number of rotatable bonds is 4. The van der Waals surface area contributed by atoms with Crippen LogP contribution in [0, 0.1) is 0 Å². The molecule has 0 heterocycles. The number of methoxy groups -OCH3 is 1. The molecule has 3 nitrogen and oxygen atoms in total. The van der Waals surface area contributed by atoms with E-state index in [0.717, 1.165) is 20.2 Å². The van der Waals surface area contributed by atoms with Crippen LogP contribution in [0.25, 0.3) is 0 Å². The molecule has 1 N–H and O–H groups in total. The van der Waals surface area contributed by atoms with Crippen molar-refractivity contribution in [3.63, 3.8) is 0 Å². The number of anilines is 1. The number of halogens is 2. The molecule has 0 spiro atoms. The van der Waals surface area contributed by atoms with Crippen molar-refractivity contribution in [3.8, 4) is 0 Å². The van der Waals surface area contributed by atoms with E-state index in [1.165, 1.54) is 7.11 Å². The highest BCUT2D eigenvalue weighted by atomic mass is 79.9. The minimum atomic E-state index is -0.335. The van der Waals surface area contributed by atoms with Crippen molar-refractivity contribution in [1.82, 2.24) is 0 Å². The van der Waals surface area contributed by atoms with Gasteiger partial charge in [0.2, 0.25) is 0 Å². The molecule has 2 rings (SSSR count). The molecule has 0 unspecified atom stereocenters. The fourth-order valence-corrected chi connectivity index (χ4v) is 2.48. The van der Waals surface area contributed by atoms with E-state index in [1.54, 1.807) is 12.1 Å². The van der Waals surface area contributed by atoms with Gasteiger partial charge in [0.25, 0.3) is 0 Å². The zero-order valence-corrected chi connectivity index (χ0v) is 14.0. The Hall–Kier alpha value is -1.33. The lowest BCUT2D eigenvalue weighted by atomic mass is 10.1. The molecule has 2 aromatic rings. The summed E-state index contributed by atoms with van der Waals surface area (Å²) >= 11 is 6.88. The monoisotopic (exact) mass is 397 g/mol. The molecule has 104 valence electrons. The minimum absolute atomic E-state index is 0.335. The molecule has 0 amide bonds. The maximum absolute atomic E-state index is 11.4. The third kappa shape index (κ3) is 3.84. The quantitative estimate of drug-likeness (QED) is 0.764. The summed E-state index contributed by atoms with van der Waals surface area (Å²) in [6, 6.07) is 13.4. The van der Waals surface area contributed by atoms with E-state index < -0.39 is 0 Å². The largest absolute Gasteiger partial charge is 0.465 e. The summed E-state index contributed by atoms with van der Waals surface area (Å²) in [4.78, 5) is 11.4. The van der Waals surface area contributed by atoms with Crippen molar-refractivity contribution in [1.29, 1.82) is 0 Å². The van der Waals surface area contributed by atoms with Gasteiger partial charge in [-0.25, -0.2) is 4.79 Å². The average molecular weight is 399 g/mol. The smallest absolute Gasteiger partial charge is 0.337 e. The summed E-state index contributed by atoms with van der Waals surface area (Å²) in [6.07, 6.45) is 0. The molecule has 0 aliphatic carbocycles. The summed E-state index contributed by atoms with van der Waals surface area (Å²) < 4.78 is 6.62. The van der Waals surface area contributed by atoms with Gasteiger partial charge in [-0.1, -0.05) is 37.9 Å². The lowest BCUT2D eigenvalue weighted by Crippen LogP contribution is -2.04. The normalized spacial score (nSPS) is 10.2. The van der Waals surface area contributed by atoms with Crippen LogP contribution in [0.1, 0.15) is 15.9 Å². The van der Waals surface area contributed by atoms with E-state index in [4.69, 9.17) is 4.74 Å². The maximum atomic E-state index is 11.4. The van der Waals surface area contributed by atoms with Crippen molar-refractivity contribution in [2.45, 2.75) is 6.54 Å². The van der Waals surface area contributed by atoms with Crippen molar-refractivity contribution in [3.05, 3.63) is 62.5 Å². The van der Waals surface area contributed by atoms with Gasteiger partial charge in [-0.05, 0) is 42.0 Å². The molecule has 2 aromatic carbocycles. The van der Waals surface area contributed by atoms with Crippen LogP contribution in [0.3, 0.4) is 0 Å². The average Bonchev–Trinajstić information content (AvgIpc) is 2.46. The Balaban J connectivity index is 2.06. The predicted molar refractivity (Wildman–Crippen MR) is 87.0 cm³/mol. The highest BCUT2D eigenvalue weighted by Crippen LogP contribution is 2.21. The topological polar surface area (TPSA) is 38.3 Å². The molecule has 0 bridgehead atoms. The Morgan fingerprint density at radius 1 is 1.15 bits per heavy atom. The van der Waals surface area contributed by atoms with Crippen molar-refractivity contribution < 1.29 is 9.53 Å². The van der Waals surface area contributed by atoms with E-state index in [1.807, 2.05) is 30.3 Å². The number of benzene rings is 2. The van der Waals surface area contributed by atoms with Crippen molar-refractivity contribution in [2.75, 3.05) is 12.4 Å². The Labute approximate surface area is 134 Å². The highest BCUT2D eigenvalue weighted by Gasteiger charge is 2.08. The highest BCUT2D eigenvalue weighted by molar-refractivity contribution is 9.10. The molecule has 0 saturated heterocycles. The van der Waals surface area contributed by atoms with Gasteiger partial charge in [-0.2, -0.15) is 0 Å². The lowest BCUT2D eigenvalue weighted by Gasteiger charge is -2.09. The lowest BCUT2D eigenvalue weighted by molar-refractivity contribution is 0.0600. The second-order valence-corrected chi connectivity index (χ2v) is 5.93. The molecule has 0 saturated carbocycles. The molecule has 0 fully saturated rings. The fourth-order valence-electron chi connectivity index (χ4n) is 1.70. The Kier molecular flexibility index (Phi) is 5.20. The Bertz CT molecular complexity index is 612. The van der Waals surface area contributed by atoms with Gasteiger partial charge in [0.05, 0.1) is 12.7 Å². The van der Waals surface area contributed by atoms with Crippen LogP contribution in [0.5, 0.6) is 0 Å². The third-order valence-corrected chi connectivity index (χ3v) is 4.07. The van der Waals surface area contributed by atoms with Crippen LogP contribution in [0.15, 0.2) is 51.4 Å². The third-order valence-electron chi connectivity index (χ3n) is 2.80. The van der Waals surface area contributed by atoms with Crippen molar-refractivity contribution in [2.24, 2.45) is 0 Å². The first kappa shape index (κ1) is 15.1. The summed E-state index contributed by atoms with van der Waals surface area (Å²) in [5.74, 6) is -0.335. The van der Waals surface area contributed by atoms with E-state index in [-0.39, 0.29) is 5.97 Å². The van der Waals surface area contributed by atoms with Gasteiger partial charge in [0.15, 0.2) is 0 Å². The summed E-state index contributed by atoms with van der Waals surface area (Å²) in [5, 5.41) is 3.32. The van der Waals surface area contributed by atoms with Crippen LogP contribution < -0.4 is 5.32 Å². The summed E-state index contributed by atoms with van der Waals surface area (Å²) in [7, 11) is 1.37. The van der Waals surface area contributed by atoms with Crippen LogP contribution >= 0.6 is 31.9 Å². The van der Waals surface area contributed by atoms with Crippen LogP contribution in [0.2, 0.25) is 0 Å². The van der Waals surface area contributed by atoms with Crippen LogP contribution in [-0.4, -0.2) is 13.1 Å². The molecule has 0 atom stereocenters. The van der Waals surface area contributed by atoms with Gasteiger partial charge in [-0.3, -0.25) is 0 Å². The van der Waals surface area contributed by atoms with Gasteiger partial charge in [0.1, 0.15) is 0 Å². The molecular weight excluding hydrogens is 386 g/mol. The van der Waals surface area contributed by atoms with Crippen molar-refractivity contribution >= 4 is 43.5 Å². The SMILES string of the molecule is COC(=O)c1ccc(CNc2ccc(Br)cc2)c(Br)c1. The van der Waals surface area contributed by atoms with Gasteiger partial charge in [-0.15, -0.1) is 0 Å². The fraction of sp³-hybridized carbons (Fsp3) is 0.133. The number of ether oxygens (including phenoxy) is 1. The second kappa shape index (κ2) is 6.90. The number of carbonyl (C=O) groups is 1. The van der Waals surface area contributed by atoms with Crippen LogP contribution in [0.4, 0.5) is 5.69 Å². The second-order valence-electron chi connectivity index (χ2n) is 4.16. The molecule has 0 aliphatic rings. The molecule has 20 heavy (non-hydrogen) atoms. The first-order valence-corrected chi connectivity index (χ1v) is 7.55. The zero-order chi connectivity index (χ0) is 14.5. The van der Waals surface area contributed by atoms with Gasteiger partial charge >= 0.3 is 5.97 Å². The number of carbonyl (C=O) groups excluding carboxylic acids is 1. The van der Waals surface area contributed by atoms with E-state index >= 15 is 0 Å². The Morgan fingerprint density at radius 3 is 2.45 bits per heavy atom. The predicted octanol–water partition coefficient (Wildman–Crippen LogP) is 4.61. The minimum Gasteiger partial charge on any atom is -0.465 e. The van der Waals surface area contributed by atoms with Gasteiger partial charge < -0.3 is 10.1 Å². The molecular formula is C15H13Br2NO2. The summed E-state index contributed by atoms with van der Waals surface area (Å²) in [6.45, 7) is 0.670. The Morgan fingerprint density at radius 2 is 1.85 bits per heavy atom. The zero-order valence-electron chi connectivity index (χ0n) is 10.8. The first-order valence-electron chi connectivity index (χ1n) is 5.96. The first-order chi connectivity index (χ1) is 9.60. The molecule has 5 heteroatoms. The van der Waals surface area contributed by atoms with E-state index in [9.17, 15) is 4.79 Å². The van der Waals surface area contributed by atoms with Gasteiger partial charge in [0, 0.05) is 21.2 Å². The number of hydrogen-bond donors (Lipinski definition) is 1. The van der Waals surface area contributed by atoms with E-state index in [2.05, 4.69) is 37.2 Å². The molecule has 0 aliphatic heterocycles.